The van der Waals surface area contributed by atoms with E-state index in [0.29, 0.717) is 5.69 Å². The number of aryl methyl sites for hydroxylation is 2. The molecule has 4 aromatic rings. The molecule has 174 valence electrons. The fourth-order valence-electron chi connectivity index (χ4n) is 3.48. The summed E-state index contributed by atoms with van der Waals surface area (Å²) >= 11 is 1.56. The van der Waals surface area contributed by atoms with Crippen LogP contribution in [0.15, 0.2) is 89.1 Å². The third-order valence-corrected chi connectivity index (χ3v) is 7.82. The van der Waals surface area contributed by atoms with Crippen LogP contribution in [0.25, 0.3) is 11.3 Å². The third-order valence-electron chi connectivity index (χ3n) is 5.24. The fraction of sp³-hybridized carbons (Fsp3) is 0.154. The third kappa shape index (κ3) is 5.77. The molecule has 3 aromatic carbocycles. The van der Waals surface area contributed by atoms with E-state index in [1.54, 1.807) is 35.6 Å². The number of nitrogens with zero attached hydrogens (tertiary/aromatic N) is 2. The lowest BCUT2D eigenvalue weighted by atomic mass is 10.1. The zero-order chi connectivity index (χ0) is 24.1. The second kappa shape index (κ2) is 10.3. The molecule has 8 heteroatoms. The topological polar surface area (TPSA) is 79.4 Å². The monoisotopic (exact) mass is 491 g/mol. The van der Waals surface area contributed by atoms with Gasteiger partial charge in [-0.25, -0.2) is 13.4 Å². The van der Waals surface area contributed by atoms with E-state index in [2.05, 4.69) is 10.3 Å². The molecule has 0 aliphatic rings. The van der Waals surface area contributed by atoms with Gasteiger partial charge in [0.05, 0.1) is 22.1 Å². The number of hydrogen-bond acceptors (Lipinski definition) is 5. The van der Waals surface area contributed by atoms with Crippen molar-refractivity contribution in [2.24, 2.45) is 0 Å². The number of anilines is 1. The van der Waals surface area contributed by atoms with Gasteiger partial charge in [0.15, 0.2) is 0 Å². The van der Waals surface area contributed by atoms with Gasteiger partial charge in [-0.15, -0.1) is 11.3 Å². The molecule has 1 amide bonds. The van der Waals surface area contributed by atoms with Gasteiger partial charge in [-0.1, -0.05) is 60.2 Å². The first-order valence-electron chi connectivity index (χ1n) is 10.7. The Bertz CT molecular complexity index is 1380. The molecule has 0 bridgehead atoms. The van der Waals surface area contributed by atoms with Gasteiger partial charge in [-0.05, 0) is 43.7 Å². The molecule has 0 unspecified atom stereocenters. The highest BCUT2D eigenvalue weighted by atomic mass is 32.2. The van der Waals surface area contributed by atoms with Crippen molar-refractivity contribution in [3.05, 3.63) is 100 Å². The highest BCUT2D eigenvalue weighted by Gasteiger charge is 2.27. The Balaban J connectivity index is 1.56. The van der Waals surface area contributed by atoms with Gasteiger partial charge in [0.25, 0.3) is 0 Å². The Hall–Kier alpha value is -3.33. The van der Waals surface area contributed by atoms with Crippen LogP contribution in [0.3, 0.4) is 0 Å². The van der Waals surface area contributed by atoms with E-state index in [9.17, 15) is 13.2 Å². The number of amides is 1. The second-order valence-electron chi connectivity index (χ2n) is 7.95. The summed E-state index contributed by atoms with van der Waals surface area (Å²) in [6.07, 6.45) is 0. The smallest absolute Gasteiger partial charge is 0.243 e. The molecule has 0 saturated carbocycles. The summed E-state index contributed by atoms with van der Waals surface area (Å²) in [5.74, 6) is -0.418. The lowest BCUT2D eigenvalue weighted by molar-refractivity contribution is -0.116. The van der Waals surface area contributed by atoms with Crippen LogP contribution in [-0.4, -0.2) is 30.2 Å². The van der Waals surface area contributed by atoms with Gasteiger partial charge in [0, 0.05) is 23.2 Å². The zero-order valence-corrected chi connectivity index (χ0v) is 20.6. The van der Waals surface area contributed by atoms with Gasteiger partial charge in [-0.2, -0.15) is 4.31 Å². The Morgan fingerprint density at radius 1 is 0.971 bits per heavy atom. The molecule has 1 aromatic heterocycles. The van der Waals surface area contributed by atoms with E-state index >= 15 is 0 Å². The summed E-state index contributed by atoms with van der Waals surface area (Å²) in [6.45, 7) is 3.68. The number of benzene rings is 3. The standard InChI is InChI=1S/C26H25N3O3S2/c1-19-11-13-21(14-12-19)16-29(34(31,32)24-9-4-3-5-10-24)17-26(30)28-23-8-6-7-22(15-23)25-18-33-20(2)27-25/h3-15,18H,16-17H2,1-2H3,(H,28,30). The Kier molecular flexibility index (Phi) is 7.21. The number of thiazole rings is 1. The van der Waals surface area contributed by atoms with E-state index in [1.807, 2.05) is 61.7 Å². The van der Waals surface area contributed by atoms with Gasteiger partial charge in [-0.3, -0.25) is 4.79 Å². The lowest BCUT2D eigenvalue weighted by Gasteiger charge is -2.22. The zero-order valence-electron chi connectivity index (χ0n) is 18.9. The molecule has 0 radical (unpaired) electrons. The Morgan fingerprint density at radius 2 is 1.71 bits per heavy atom. The molecule has 0 saturated heterocycles. The quantitative estimate of drug-likeness (QED) is 0.365. The maximum absolute atomic E-state index is 13.4. The number of sulfonamides is 1. The molecular formula is C26H25N3O3S2. The number of carbonyl (C=O) groups is 1. The van der Waals surface area contributed by atoms with E-state index in [4.69, 9.17) is 0 Å². The minimum absolute atomic E-state index is 0.0864. The average Bonchev–Trinajstić information content (AvgIpc) is 3.27. The van der Waals surface area contributed by atoms with Crippen LogP contribution < -0.4 is 5.32 Å². The van der Waals surface area contributed by atoms with Gasteiger partial charge in [0.2, 0.25) is 15.9 Å². The minimum Gasteiger partial charge on any atom is -0.325 e. The van der Waals surface area contributed by atoms with Crippen LogP contribution in [0.2, 0.25) is 0 Å². The SMILES string of the molecule is Cc1ccc(CN(CC(=O)Nc2cccc(-c3csc(C)n3)c2)S(=O)(=O)c2ccccc2)cc1. The highest BCUT2D eigenvalue weighted by Crippen LogP contribution is 2.24. The van der Waals surface area contributed by atoms with Crippen molar-refractivity contribution in [2.75, 3.05) is 11.9 Å². The van der Waals surface area contributed by atoms with Crippen molar-refractivity contribution in [2.45, 2.75) is 25.3 Å². The predicted octanol–water partition coefficient (Wildman–Crippen LogP) is 5.26. The maximum atomic E-state index is 13.4. The van der Waals surface area contributed by atoms with Crippen molar-refractivity contribution in [3.8, 4) is 11.3 Å². The van der Waals surface area contributed by atoms with Crippen LogP contribution in [0.5, 0.6) is 0 Å². The lowest BCUT2D eigenvalue weighted by Crippen LogP contribution is -2.37. The normalized spacial score (nSPS) is 11.5. The van der Waals surface area contributed by atoms with Crippen LogP contribution in [0.4, 0.5) is 5.69 Å². The van der Waals surface area contributed by atoms with Crippen LogP contribution in [0.1, 0.15) is 16.1 Å². The van der Waals surface area contributed by atoms with Crippen LogP contribution in [0, 0.1) is 13.8 Å². The van der Waals surface area contributed by atoms with Crippen molar-refractivity contribution >= 4 is 33.0 Å². The van der Waals surface area contributed by atoms with Crippen LogP contribution in [-0.2, 0) is 21.4 Å². The maximum Gasteiger partial charge on any atom is 0.243 e. The summed E-state index contributed by atoms with van der Waals surface area (Å²) in [5.41, 5.74) is 4.19. The van der Waals surface area contributed by atoms with Gasteiger partial charge < -0.3 is 5.32 Å². The van der Waals surface area contributed by atoms with Crippen molar-refractivity contribution in [1.82, 2.24) is 9.29 Å². The molecule has 1 N–H and O–H groups in total. The van der Waals surface area contributed by atoms with E-state index in [1.165, 1.54) is 16.4 Å². The molecule has 4 rings (SSSR count). The molecule has 0 spiro atoms. The van der Waals surface area contributed by atoms with Crippen molar-refractivity contribution in [3.63, 3.8) is 0 Å². The molecule has 0 fully saturated rings. The summed E-state index contributed by atoms with van der Waals surface area (Å²) in [4.78, 5) is 17.6. The van der Waals surface area contributed by atoms with E-state index in [-0.39, 0.29) is 18.0 Å². The predicted molar refractivity (Wildman–Crippen MR) is 136 cm³/mol. The number of rotatable bonds is 8. The molecule has 34 heavy (non-hydrogen) atoms. The molecular weight excluding hydrogens is 466 g/mol. The minimum atomic E-state index is -3.88. The van der Waals surface area contributed by atoms with Gasteiger partial charge in [0.1, 0.15) is 0 Å². The Morgan fingerprint density at radius 3 is 2.38 bits per heavy atom. The first-order chi connectivity index (χ1) is 16.3. The van der Waals surface area contributed by atoms with Crippen molar-refractivity contribution in [1.29, 1.82) is 0 Å². The molecule has 1 heterocycles. The first kappa shape index (κ1) is 23.8. The molecule has 0 aliphatic heterocycles. The Labute approximate surface area is 204 Å². The van der Waals surface area contributed by atoms with Crippen molar-refractivity contribution < 1.29 is 13.2 Å². The molecule has 0 atom stereocenters. The number of nitrogens with one attached hydrogen (secondary N) is 1. The first-order valence-corrected chi connectivity index (χ1v) is 13.1. The molecule has 0 aliphatic carbocycles. The number of hydrogen-bond donors (Lipinski definition) is 1. The fourth-order valence-corrected chi connectivity index (χ4v) is 5.50. The highest BCUT2D eigenvalue weighted by molar-refractivity contribution is 7.89. The van der Waals surface area contributed by atoms with E-state index < -0.39 is 15.9 Å². The largest absolute Gasteiger partial charge is 0.325 e. The summed E-state index contributed by atoms with van der Waals surface area (Å²) < 4.78 is 27.9. The average molecular weight is 492 g/mol. The summed E-state index contributed by atoms with van der Waals surface area (Å²) in [7, 11) is -3.88. The number of aromatic nitrogens is 1. The second-order valence-corrected chi connectivity index (χ2v) is 11.0. The van der Waals surface area contributed by atoms with Gasteiger partial charge >= 0.3 is 0 Å². The summed E-state index contributed by atoms with van der Waals surface area (Å²) in [5, 5.41) is 5.76. The van der Waals surface area contributed by atoms with Crippen LogP contribution >= 0.6 is 11.3 Å². The molecule has 6 nitrogen and oxygen atoms in total. The summed E-state index contributed by atoms with van der Waals surface area (Å²) in [6, 6.07) is 23.1. The number of carbonyl (C=O) groups excluding carboxylic acids is 1. The van der Waals surface area contributed by atoms with E-state index in [0.717, 1.165) is 27.4 Å².